The molecule has 0 aliphatic carbocycles. The Labute approximate surface area is 171 Å². The van der Waals surface area contributed by atoms with Crippen LogP contribution >= 0.6 is 11.3 Å². The maximum absolute atomic E-state index is 12.5. The molecule has 3 rings (SSSR count). The molecule has 3 aromatic rings. The summed E-state index contributed by atoms with van der Waals surface area (Å²) in [7, 11) is 0. The standard InChI is InChI=1S/C20H18N4O4S/c21-10-4-11-24(16-5-2-1-3-6-16)18(25)13-27-19(26)8-7-17-22-20(23-28-17)15-9-12-29-14-15/h1-3,5-6,9,12,14H,4,7-8,11,13H2. The highest BCUT2D eigenvalue weighted by Gasteiger charge is 2.18. The highest BCUT2D eigenvalue weighted by Crippen LogP contribution is 2.19. The van der Waals surface area contributed by atoms with Gasteiger partial charge in [-0.3, -0.25) is 9.59 Å². The van der Waals surface area contributed by atoms with Gasteiger partial charge in [0.05, 0.1) is 18.9 Å². The number of hydrogen-bond donors (Lipinski definition) is 0. The molecule has 1 aromatic carbocycles. The monoisotopic (exact) mass is 410 g/mol. The number of thiophene rings is 1. The van der Waals surface area contributed by atoms with Crippen molar-refractivity contribution < 1.29 is 18.8 Å². The van der Waals surface area contributed by atoms with Crippen molar-refractivity contribution in [2.24, 2.45) is 0 Å². The third kappa shape index (κ3) is 5.73. The van der Waals surface area contributed by atoms with Crippen LogP contribution in [0.3, 0.4) is 0 Å². The predicted molar refractivity (Wildman–Crippen MR) is 106 cm³/mol. The number of anilines is 1. The van der Waals surface area contributed by atoms with Crippen molar-refractivity contribution in [2.45, 2.75) is 19.3 Å². The zero-order valence-electron chi connectivity index (χ0n) is 15.5. The summed E-state index contributed by atoms with van der Waals surface area (Å²) < 4.78 is 10.2. The number of carbonyl (C=O) groups excluding carboxylic acids is 2. The van der Waals surface area contributed by atoms with Crippen molar-refractivity contribution in [2.75, 3.05) is 18.1 Å². The highest BCUT2D eigenvalue weighted by atomic mass is 32.1. The smallest absolute Gasteiger partial charge is 0.306 e. The molecule has 0 spiro atoms. The summed E-state index contributed by atoms with van der Waals surface area (Å²) in [4.78, 5) is 30.1. The van der Waals surface area contributed by atoms with Gasteiger partial charge in [-0.05, 0) is 23.6 Å². The van der Waals surface area contributed by atoms with Crippen molar-refractivity contribution in [3.05, 3.63) is 53.0 Å². The third-order valence-electron chi connectivity index (χ3n) is 3.96. The van der Waals surface area contributed by atoms with Crippen LogP contribution in [-0.2, 0) is 20.7 Å². The van der Waals surface area contributed by atoms with Crippen LogP contribution in [0.2, 0.25) is 0 Å². The first-order valence-corrected chi connectivity index (χ1v) is 9.85. The summed E-state index contributed by atoms with van der Waals surface area (Å²) in [5.74, 6) is -0.130. The van der Waals surface area contributed by atoms with Gasteiger partial charge in [0.1, 0.15) is 0 Å². The van der Waals surface area contributed by atoms with Gasteiger partial charge in [0, 0.05) is 29.6 Å². The van der Waals surface area contributed by atoms with Gasteiger partial charge >= 0.3 is 5.97 Å². The molecule has 148 valence electrons. The molecule has 2 heterocycles. The van der Waals surface area contributed by atoms with Gasteiger partial charge < -0.3 is 14.2 Å². The number of ether oxygens (including phenoxy) is 1. The highest BCUT2D eigenvalue weighted by molar-refractivity contribution is 7.08. The molecule has 0 saturated carbocycles. The zero-order chi connectivity index (χ0) is 20.5. The molecule has 0 aliphatic rings. The van der Waals surface area contributed by atoms with E-state index in [4.69, 9.17) is 14.5 Å². The van der Waals surface area contributed by atoms with Gasteiger partial charge in [-0.2, -0.15) is 21.6 Å². The normalized spacial score (nSPS) is 10.3. The van der Waals surface area contributed by atoms with Crippen LogP contribution in [0.1, 0.15) is 18.7 Å². The lowest BCUT2D eigenvalue weighted by Crippen LogP contribution is -2.35. The van der Waals surface area contributed by atoms with E-state index >= 15 is 0 Å². The van der Waals surface area contributed by atoms with Gasteiger partial charge in [-0.1, -0.05) is 23.4 Å². The molecule has 0 fully saturated rings. The Balaban J connectivity index is 1.49. The number of rotatable bonds is 9. The van der Waals surface area contributed by atoms with Crippen LogP contribution in [-0.4, -0.2) is 35.2 Å². The Morgan fingerprint density at radius 2 is 2.07 bits per heavy atom. The van der Waals surface area contributed by atoms with E-state index in [2.05, 4.69) is 10.1 Å². The van der Waals surface area contributed by atoms with Gasteiger partial charge in [0.15, 0.2) is 6.61 Å². The first-order chi connectivity index (χ1) is 14.2. The molecule has 9 heteroatoms. The molecule has 0 saturated heterocycles. The number of nitriles is 1. The molecule has 0 N–H and O–H groups in total. The third-order valence-corrected chi connectivity index (χ3v) is 4.65. The lowest BCUT2D eigenvalue weighted by molar-refractivity contribution is -0.147. The molecule has 2 aromatic heterocycles. The summed E-state index contributed by atoms with van der Waals surface area (Å²) in [6.45, 7) is -0.173. The Kier molecular flexibility index (Phi) is 7.08. The Morgan fingerprint density at radius 3 is 2.79 bits per heavy atom. The van der Waals surface area contributed by atoms with Crippen molar-refractivity contribution in [1.82, 2.24) is 10.1 Å². The topological polar surface area (TPSA) is 109 Å². The van der Waals surface area contributed by atoms with E-state index < -0.39 is 18.5 Å². The minimum absolute atomic E-state index is 0.0160. The van der Waals surface area contributed by atoms with Crippen molar-refractivity contribution in [1.29, 1.82) is 5.26 Å². The van der Waals surface area contributed by atoms with E-state index in [9.17, 15) is 9.59 Å². The average molecular weight is 410 g/mol. The number of carbonyl (C=O) groups is 2. The molecule has 0 aliphatic heterocycles. The van der Waals surface area contributed by atoms with Gasteiger partial charge in [0.25, 0.3) is 5.91 Å². The fourth-order valence-corrected chi connectivity index (χ4v) is 3.17. The largest absolute Gasteiger partial charge is 0.456 e. The van der Waals surface area contributed by atoms with Crippen molar-refractivity contribution in [3.8, 4) is 17.5 Å². The summed E-state index contributed by atoms with van der Waals surface area (Å²) in [5.41, 5.74) is 1.51. The SMILES string of the molecule is N#CCCN(C(=O)COC(=O)CCc1nc(-c2ccsc2)no1)c1ccccc1. The summed E-state index contributed by atoms with van der Waals surface area (Å²) >= 11 is 1.53. The van der Waals surface area contributed by atoms with Crippen LogP contribution in [0.5, 0.6) is 0 Å². The second-order valence-electron chi connectivity index (χ2n) is 5.97. The number of benzene rings is 1. The van der Waals surface area contributed by atoms with E-state index in [1.54, 1.807) is 24.3 Å². The number of esters is 1. The van der Waals surface area contributed by atoms with Crippen LogP contribution in [0.15, 0.2) is 51.7 Å². The van der Waals surface area contributed by atoms with Crippen molar-refractivity contribution >= 4 is 28.9 Å². The van der Waals surface area contributed by atoms with E-state index in [-0.39, 0.29) is 25.8 Å². The van der Waals surface area contributed by atoms with E-state index in [1.165, 1.54) is 16.2 Å². The second-order valence-corrected chi connectivity index (χ2v) is 6.75. The van der Waals surface area contributed by atoms with Gasteiger partial charge in [0.2, 0.25) is 11.7 Å². The van der Waals surface area contributed by atoms with E-state index in [1.807, 2.05) is 29.0 Å². The van der Waals surface area contributed by atoms with Crippen LogP contribution < -0.4 is 4.90 Å². The van der Waals surface area contributed by atoms with Crippen molar-refractivity contribution in [3.63, 3.8) is 0 Å². The molecule has 0 atom stereocenters. The van der Waals surface area contributed by atoms with Crippen LogP contribution in [0.4, 0.5) is 5.69 Å². The minimum atomic E-state index is -0.540. The summed E-state index contributed by atoms with van der Waals surface area (Å²) in [5, 5.41) is 16.5. The Morgan fingerprint density at radius 1 is 1.24 bits per heavy atom. The average Bonchev–Trinajstić information content (AvgIpc) is 3.43. The molecule has 0 unspecified atom stereocenters. The van der Waals surface area contributed by atoms with E-state index in [0.717, 1.165) is 5.56 Å². The molecule has 8 nitrogen and oxygen atoms in total. The number of hydrogen-bond acceptors (Lipinski definition) is 8. The minimum Gasteiger partial charge on any atom is -0.456 e. The lowest BCUT2D eigenvalue weighted by atomic mass is 10.2. The van der Waals surface area contributed by atoms with Gasteiger partial charge in [-0.25, -0.2) is 0 Å². The number of aryl methyl sites for hydroxylation is 1. The number of amides is 1. The van der Waals surface area contributed by atoms with E-state index in [0.29, 0.717) is 17.4 Å². The maximum atomic E-state index is 12.5. The first kappa shape index (κ1) is 20.2. The number of aromatic nitrogens is 2. The fourth-order valence-electron chi connectivity index (χ4n) is 2.53. The molecule has 0 radical (unpaired) electrons. The maximum Gasteiger partial charge on any atom is 0.306 e. The van der Waals surface area contributed by atoms with Gasteiger partial charge in [-0.15, -0.1) is 0 Å². The number of nitrogens with zero attached hydrogens (tertiary/aromatic N) is 4. The molecular weight excluding hydrogens is 392 g/mol. The number of para-hydroxylation sites is 1. The Hall–Kier alpha value is -3.51. The lowest BCUT2D eigenvalue weighted by Gasteiger charge is -2.21. The fraction of sp³-hybridized carbons (Fsp3) is 0.250. The molecule has 29 heavy (non-hydrogen) atoms. The molecule has 1 amide bonds. The summed E-state index contributed by atoms with van der Waals surface area (Å²) in [6.07, 6.45) is 0.418. The first-order valence-electron chi connectivity index (χ1n) is 8.90. The predicted octanol–water partition coefficient (Wildman–Crippen LogP) is 3.22. The zero-order valence-corrected chi connectivity index (χ0v) is 16.3. The Bertz CT molecular complexity index is 980. The molecule has 0 bridgehead atoms. The quantitative estimate of drug-likeness (QED) is 0.498. The second kappa shape index (κ2) is 10.1. The van der Waals surface area contributed by atoms with Crippen LogP contribution in [0.25, 0.3) is 11.4 Å². The molecular formula is C20H18N4O4S. The van der Waals surface area contributed by atoms with Crippen LogP contribution in [0, 0.1) is 11.3 Å². The summed E-state index contributed by atoms with van der Waals surface area (Å²) in [6, 6.07) is 12.8.